The Kier molecular flexibility index (Phi) is 4.13. The second kappa shape index (κ2) is 5.87. The first-order valence-electron chi connectivity index (χ1n) is 8.06. The van der Waals surface area contributed by atoms with Crippen molar-refractivity contribution in [2.75, 3.05) is 19.7 Å². The minimum atomic E-state index is 0.239. The van der Waals surface area contributed by atoms with Crippen LogP contribution in [0.15, 0.2) is 24.3 Å². The summed E-state index contributed by atoms with van der Waals surface area (Å²) in [4.78, 5) is 0. The normalized spacial score (nSPS) is 27.4. The molecule has 2 fully saturated rings. The van der Waals surface area contributed by atoms with E-state index in [2.05, 4.69) is 43.4 Å². The first kappa shape index (κ1) is 14.1. The third-order valence-electron chi connectivity index (χ3n) is 5.05. The number of hydrogen-bond acceptors (Lipinski definition) is 2. The number of benzene rings is 1. The van der Waals surface area contributed by atoms with Gasteiger partial charge in [0.25, 0.3) is 0 Å². The Bertz CT molecular complexity index is 421. The molecule has 2 aliphatic rings. The lowest BCUT2D eigenvalue weighted by Gasteiger charge is -2.34. The van der Waals surface area contributed by atoms with E-state index >= 15 is 0 Å². The second-order valence-corrected chi connectivity index (χ2v) is 7.17. The number of nitrogens with one attached hydrogen (secondary N) is 1. The van der Waals surface area contributed by atoms with Crippen LogP contribution in [0.4, 0.5) is 0 Å². The number of ether oxygens (including phenoxy) is 1. The van der Waals surface area contributed by atoms with Gasteiger partial charge in [0.15, 0.2) is 0 Å². The highest BCUT2D eigenvalue weighted by Crippen LogP contribution is 2.42. The molecule has 1 aliphatic carbocycles. The predicted octanol–water partition coefficient (Wildman–Crippen LogP) is 4.03. The number of morpholine rings is 1. The predicted molar refractivity (Wildman–Crippen MR) is 83.0 cm³/mol. The molecule has 2 nitrogen and oxygen atoms in total. The Morgan fingerprint density at radius 1 is 1.05 bits per heavy atom. The van der Waals surface area contributed by atoms with E-state index in [-0.39, 0.29) is 6.10 Å². The molecule has 0 spiro atoms. The fourth-order valence-corrected chi connectivity index (χ4v) is 3.49. The van der Waals surface area contributed by atoms with Crippen LogP contribution in [0.25, 0.3) is 0 Å². The summed E-state index contributed by atoms with van der Waals surface area (Å²) in [7, 11) is 0. The summed E-state index contributed by atoms with van der Waals surface area (Å²) in [5.41, 5.74) is 3.39. The maximum atomic E-state index is 5.81. The van der Waals surface area contributed by atoms with Crippen LogP contribution in [0.5, 0.6) is 0 Å². The zero-order valence-electron chi connectivity index (χ0n) is 12.8. The van der Waals surface area contributed by atoms with Crippen molar-refractivity contribution in [2.45, 2.75) is 51.6 Å². The van der Waals surface area contributed by atoms with Crippen molar-refractivity contribution in [1.82, 2.24) is 5.32 Å². The molecule has 0 amide bonds. The molecule has 1 aliphatic heterocycles. The summed E-state index contributed by atoms with van der Waals surface area (Å²) in [5.74, 6) is 0.766. The lowest BCUT2D eigenvalue weighted by molar-refractivity contribution is 0.0277. The van der Waals surface area contributed by atoms with E-state index in [1.54, 1.807) is 0 Å². The summed E-state index contributed by atoms with van der Waals surface area (Å²) in [6.45, 7) is 7.55. The summed E-state index contributed by atoms with van der Waals surface area (Å²) in [6.07, 6.45) is 5.63. The highest BCUT2D eigenvalue weighted by atomic mass is 16.5. The van der Waals surface area contributed by atoms with Crippen LogP contribution >= 0.6 is 0 Å². The molecule has 1 atom stereocenters. The largest absolute Gasteiger partial charge is 0.371 e. The van der Waals surface area contributed by atoms with Gasteiger partial charge in [0.05, 0.1) is 12.7 Å². The van der Waals surface area contributed by atoms with E-state index in [0.717, 1.165) is 25.6 Å². The Labute approximate surface area is 122 Å². The second-order valence-electron chi connectivity index (χ2n) is 7.17. The molecule has 0 bridgehead atoms. The highest BCUT2D eigenvalue weighted by Gasteiger charge is 2.27. The van der Waals surface area contributed by atoms with Gasteiger partial charge in [-0.15, -0.1) is 0 Å². The summed E-state index contributed by atoms with van der Waals surface area (Å²) in [5, 5.41) is 3.40. The fraction of sp³-hybridized carbons (Fsp3) is 0.667. The molecule has 1 N–H and O–H groups in total. The zero-order valence-corrected chi connectivity index (χ0v) is 12.8. The molecule has 3 rings (SSSR count). The van der Waals surface area contributed by atoms with Crippen LogP contribution in [-0.4, -0.2) is 19.7 Å². The van der Waals surface area contributed by atoms with Crippen molar-refractivity contribution in [3.05, 3.63) is 35.4 Å². The van der Waals surface area contributed by atoms with Crippen molar-refractivity contribution in [3.63, 3.8) is 0 Å². The third kappa shape index (κ3) is 3.24. The molecule has 1 heterocycles. The van der Waals surface area contributed by atoms with E-state index in [0.29, 0.717) is 5.41 Å². The third-order valence-corrected chi connectivity index (χ3v) is 5.05. The van der Waals surface area contributed by atoms with Crippen LogP contribution < -0.4 is 5.32 Å². The molecule has 1 saturated carbocycles. The van der Waals surface area contributed by atoms with Crippen molar-refractivity contribution >= 4 is 0 Å². The van der Waals surface area contributed by atoms with E-state index in [1.165, 1.54) is 36.8 Å². The van der Waals surface area contributed by atoms with Gasteiger partial charge in [-0.25, -0.2) is 0 Å². The molecular weight excluding hydrogens is 246 g/mol. The molecule has 1 saturated heterocycles. The summed E-state index contributed by atoms with van der Waals surface area (Å²) >= 11 is 0. The Morgan fingerprint density at radius 3 is 2.30 bits per heavy atom. The molecule has 1 aromatic rings. The van der Waals surface area contributed by atoms with Crippen molar-refractivity contribution in [1.29, 1.82) is 0 Å². The summed E-state index contributed by atoms with van der Waals surface area (Å²) < 4.78 is 5.81. The van der Waals surface area contributed by atoms with Crippen molar-refractivity contribution in [2.24, 2.45) is 5.41 Å². The number of hydrogen-bond donors (Lipinski definition) is 1. The lowest BCUT2D eigenvalue weighted by Crippen LogP contribution is -2.33. The quantitative estimate of drug-likeness (QED) is 0.878. The average Bonchev–Trinajstić information content (AvgIpc) is 2.48. The zero-order chi connectivity index (χ0) is 14.0. The molecule has 0 radical (unpaired) electrons. The van der Waals surface area contributed by atoms with Crippen LogP contribution in [-0.2, 0) is 4.74 Å². The first-order chi connectivity index (χ1) is 9.64. The van der Waals surface area contributed by atoms with Crippen LogP contribution in [0.1, 0.15) is 62.7 Å². The van der Waals surface area contributed by atoms with Gasteiger partial charge in [0.2, 0.25) is 0 Å². The minimum absolute atomic E-state index is 0.239. The van der Waals surface area contributed by atoms with Crippen LogP contribution in [0.3, 0.4) is 0 Å². The van der Waals surface area contributed by atoms with Gasteiger partial charge < -0.3 is 10.1 Å². The topological polar surface area (TPSA) is 21.3 Å². The highest BCUT2D eigenvalue weighted by molar-refractivity contribution is 5.27. The van der Waals surface area contributed by atoms with Crippen molar-refractivity contribution < 1.29 is 4.74 Å². The van der Waals surface area contributed by atoms with Crippen molar-refractivity contribution in [3.8, 4) is 0 Å². The SMILES string of the molecule is CC1(C)CCC(c2ccc(C3CNCCO3)cc2)CC1. The molecule has 20 heavy (non-hydrogen) atoms. The summed E-state index contributed by atoms with van der Waals surface area (Å²) in [6, 6.07) is 9.20. The smallest absolute Gasteiger partial charge is 0.0949 e. The molecule has 1 unspecified atom stereocenters. The van der Waals surface area contributed by atoms with E-state index in [1.807, 2.05) is 0 Å². The standard InChI is InChI=1S/C18H27NO/c1-18(2)9-7-15(8-10-18)14-3-5-16(6-4-14)17-13-19-11-12-20-17/h3-6,15,17,19H,7-13H2,1-2H3. The van der Waals surface area contributed by atoms with Crippen LogP contribution in [0.2, 0.25) is 0 Å². The Balaban J connectivity index is 1.64. The maximum absolute atomic E-state index is 5.81. The van der Waals surface area contributed by atoms with E-state index < -0.39 is 0 Å². The van der Waals surface area contributed by atoms with Crippen LogP contribution in [0, 0.1) is 5.41 Å². The fourth-order valence-electron chi connectivity index (χ4n) is 3.49. The Morgan fingerprint density at radius 2 is 1.70 bits per heavy atom. The van der Waals surface area contributed by atoms with Gasteiger partial charge in [-0.1, -0.05) is 38.1 Å². The number of rotatable bonds is 2. The van der Waals surface area contributed by atoms with Gasteiger partial charge in [-0.3, -0.25) is 0 Å². The molecular formula is C18H27NO. The average molecular weight is 273 g/mol. The maximum Gasteiger partial charge on any atom is 0.0949 e. The minimum Gasteiger partial charge on any atom is -0.371 e. The molecule has 2 heteroatoms. The van der Waals surface area contributed by atoms with Gasteiger partial charge in [0, 0.05) is 13.1 Å². The Hall–Kier alpha value is -0.860. The van der Waals surface area contributed by atoms with Gasteiger partial charge in [-0.2, -0.15) is 0 Å². The van der Waals surface area contributed by atoms with E-state index in [4.69, 9.17) is 4.74 Å². The molecule has 1 aromatic carbocycles. The molecule has 110 valence electrons. The lowest BCUT2D eigenvalue weighted by atomic mass is 9.71. The van der Waals surface area contributed by atoms with Gasteiger partial charge >= 0.3 is 0 Å². The molecule has 0 aromatic heterocycles. The van der Waals surface area contributed by atoms with E-state index in [9.17, 15) is 0 Å². The monoisotopic (exact) mass is 273 g/mol. The van der Waals surface area contributed by atoms with Gasteiger partial charge in [0.1, 0.15) is 0 Å². The first-order valence-corrected chi connectivity index (χ1v) is 8.06. The van der Waals surface area contributed by atoms with Gasteiger partial charge in [-0.05, 0) is 48.1 Å².